The zero-order valence-electron chi connectivity index (χ0n) is 18.4. The molecule has 2 fully saturated rings. The monoisotopic (exact) mass is 409 g/mol. The van der Waals surface area contributed by atoms with Crippen molar-refractivity contribution in [2.75, 3.05) is 59.4 Å². The molecule has 2 aliphatic rings. The van der Waals surface area contributed by atoms with E-state index in [4.69, 9.17) is 0 Å². The standard InChI is InChI=1S/C23H35N7/c1-24-23(30-10-8-21(19-30)22-16-26-27(2)18-22)25-9-11-28-12-14-29(15-13-28)17-20-6-4-3-5-7-20/h3-7,16,18,21H,8-15,17,19H2,1-2H3,(H,24,25). The highest BCUT2D eigenvalue weighted by Crippen LogP contribution is 2.26. The van der Waals surface area contributed by atoms with E-state index < -0.39 is 0 Å². The highest BCUT2D eigenvalue weighted by molar-refractivity contribution is 5.80. The van der Waals surface area contributed by atoms with E-state index in [1.54, 1.807) is 0 Å². The molecular weight excluding hydrogens is 374 g/mol. The van der Waals surface area contributed by atoms with Crippen molar-refractivity contribution in [1.29, 1.82) is 0 Å². The van der Waals surface area contributed by atoms with Crippen LogP contribution in [0.1, 0.15) is 23.5 Å². The summed E-state index contributed by atoms with van der Waals surface area (Å²) in [5, 5.41) is 7.91. The molecule has 1 aromatic heterocycles. The van der Waals surface area contributed by atoms with E-state index in [0.29, 0.717) is 5.92 Å². The summed E-state index contributed by atoms with van der Waals surface area (Å²) in [6, 6.07) is 10.8. The van der Waals surface area contributed by atoms with Crippen LogP contribution < -0.4 is 5.32 Å². The average molecular weight is 410 g/mol. The Morgan fingerprint density at radius 1 is 1.10 bits per heavy atom. The lowest BCUT2D eigenvalue weighted by Crippen LogP contribution is -2.49. The third-order valence-corrected chi connectivity index (χ3v) is 6.32. The van der Waals surface area contributed by atoms with Crippen LogP contribution in [0.15, 0.2) is 47.7 Å². The van der Waals surface area contributed by atoms with Crippen molar-refractivity contribution in [2.45, 2.75) is 18.9 Å². The van der Waals surface area contributed by atoms with Gasteiger partial charge in [0.05, 0.1) is 6.20 Å². The Morgan fingerprint density at radius 3 is 2.57 bits per heavy atom. The molecule has 4 rings (SSSR count). The molecule has 2 aromatic rings. The molecule has 0 saturated carbocycles. The van der Waals surface area contributed by atoms with Crippen molar-refractivity contribution in [3.8, 4) is 0 Å². The SMILES string of the molecule is CN=C(NCCN1CCN(Cc2ccccc2)CC1)N1CCC(c2cnn(C)c2)C1. The van der Waals surface area contributed by atoms with Gasteiger partial charge in [-0.2, -0.15) is 5.10 Å². The summed E-state index contributed by atoms with van der Waals surface area (Å²) in [5.74, 6) is 1.58. The minimum absolute atomic E-state index is 0.551. The molecule has 1 atom stereocenters. The van der Waals surface area contributed by atoms with Crippen LogP contribution in [0.3, 0.4) is 0 Å². The normalized spacial score (nSPS) is 21.3. The minimum Gasteiger partial charge on any atom is -0.355 e. The molecule has 0 amide bonds. The number of rotatable bonds is 6. The molecule has 7 nitrogen and oxygen atoms in total. The Hall–Kier alpha value is -2.38. The van der Waals surface area contributed by atoms with Crippen LogP contribution >= 0.6 is 0 Å². The van der Waals surface area contributed by atoms with Gasteiger partial charge in [-0.15, -0.1) is 0 Å². The van der Waals surface area contributed by atoms with Crippen LogP contribution in [-0.2, 0) is 13.6 Å². The van der Waals surface area contributed by atoms with Gasteiger partial charge < -0.3 is 10.2 Å². The number of hydrogen-bond donors (Lipinski definition) is 1. The van der Waals surface area contributed by atoms with Crippen molar-refractivity contribution in [2.24, 2.45) is 12.0 Å². The fourth-order valence-corrected chi connectivity index (χ4v) is 4.55. The van der Waals surface area contributed by atoms with E-state index in [-0.39, 0.29) is 0 Å². The maximum Gasteiger partial charge on any atom is 0.193 e. The number of piperazine rings is 1. The van der Waals surface area contributed by atoms with E-state index >= 15 is 0 Å². The Kier molecular flexibility index (Phi) is 7.02. The topological polar surface area (TPSA) is 51.9 Å². The summed E-state index contributed by atoms with van der Waals surface area (Å²) in [7, 11) is 3.88. The number of likely N-dealkylation sites (tertiary alicyclic amines) is 1. The maximum absolute atomic E-state index is 4.53. The van der Waals surface area contributed by atoms with E-state index in [2.05, 4.69) is 66.6 Å². The third-order valence-electron chi connectivity index (χ3n) is 6.32. The summed E-state index contributed by atoms with van der Waals surface area (Å²) in [6.45, 7) is 9.70. The second-order valence-corrected chi connectivity index (χ2v) is 8.46. The molecule has 0 bridgehead atoms. The zero-order chi connectivity index (χ0) is 20.8. The number of aryl methyl sites for hydroxylation is 1. The van der Waals surface area contributed by atoms with Crippen LogP contribution in [0.2, 0.25) is 0 Å². The molecule has 0 spiro atoms. The molecular formula is C23H35N7. The summed E-state index contributed by atoms with van der Waals surface area (Å²) in [5.41, 5.74) is 2.75. The minimum atomic E-state index is 0.551. The molecule has 30 heavy (non-hydrogen) atoms. The van der Waals surface area contributed by atoms with Gasteiger partial charge in [0.25, 0.3) is 0 Å². The fourth-order valence-electron chi connectivity index (χ4n) is 4.55. The first-order chi connectivity index (χ1) is 14.7. The summed E-state index contributed by atoms with van der Waals surface area (Å²) in [4.78, 5) is 12.0. The molecule has 162 valence electrons. The molecule has 3 heterocycles. The van der Waals surface area contributed by atoms with Crippen LogP contribution in [0.5, 0.6) is 0 Å². The van der Waals surface area contributed by atoms with Gasteiger partial charge in [-0.1, -0.05) is 30.3 Å². The van der Waals surface area contributed by atoms with Gasteiger partial charge in [0, 0.05) is 85.1 Å². The van der Waals surface area contributed by atoms with Crippen LogP contribution in [0.25, 0.3) is 0 Å². The molecule has 1 N–H and O–H groups in total. The second-order valence-electron chi connectivity index (χ2n) is 8.46. The van der Waals surface area contributed by atoms with Gasteiger partial charge in [0.2, 0.25) is 0 Å². The lowest BCUT2D eigenvalue weighted by atomic mass is 10.0. The summed E-state index contributed by atoms with van der Waals surface area (Å²) >= 11 is 0. The molecule has 0 aliphatic carbocycles. The smallest absolute Gasteiger partial charge is 0.193 e. The average Bonchev–Trinajstić information content (AvgIpc) is 3.42. The highest BCUT2D eigenvalue weighted by atomic mass is 15.3. The molecule has 0 radical (unpaired) electrons. The maximum atomic E-state index is 4.53. The number of nitrogens with zero attached hydrogens (tertiary/aromatic N) is 6. The molecule has 7 heteroatoms. The van der Waals surface area contributed by atoms with Crippen LogP contribution in [0, 0.1) is 0 Å². The number of benzene rings is 1. The van der Waals surface area contributed by atoms with E-state index in [1.807, 2.05) is 25.0 Å². The van der Waals surface area contributed by atoms with Crippen molar-refractivity contribution in [3.05, 3.63) is 53.9 Å². The van der Waals surface area contributed by atoms with Gasteiger partial charge in [0.1, 0.15) is 0 Å². The predicted molar refractivity (Wildman–Crippen MR) is 122 cm³/mol. The van der Waals surface area contributed by atoms with E-state index in [9.17, 15) is 0 Å². The van der Waals surface area contributed by atoms with Crippen molar-refractivity contribution < 1.29 is 0 Å². The first-order valence-electron chi connectivity index (χ1n) is 11.1. The molecule has 1 aromatic carbocycles. The number of hydrogen-bond acceptors (Lipinski definition) is 4. The Morgan fingerprint density at radius 2 is 1.87 bits per heavy atom. The molecule has 2 aliphatic heterocycles. The van der Waals surface area contributed by atoms with Crippen molar-refractivity contribution in [3.63, 3.8) is 0 Å². The number of aromatic nitrogens is 2. The van der Waals surface area contributed by atoms with E-state index in [1.165, 1.54) is 11.1 Å². The molecule has 2 saturated heterocycles. The Balaban J connectivity index is 1.16. The quantitative estimate of drug-likeness (QED) is 0.580. The summed E-state index contributed by atoms with van der Waals surface area (Å²) in [6.07, 6.45) is 5.30. The second kappa shape index (κ2) is 10.1. The lowest BCUT2D eigenvalue weighted by Gasteiger charge is -2.35. The highest BCUT2D eigenvalue weighted by Gasteiger charge is 2.27. The largest absolute Gasteiger partial charge is 0.355 e. The summed E-state index contributed by atoms with van der Waals surface area (Å²) < 4.78 is 1.89. The van der Waals surface area contributed by atoms with Crippen molar-refractivity contribution in [1.82, 2.24) is 29.8 Å². The predicted octanol–water partition coefficient (Wildman–Crippen LogP) is 1.60. The number of guanidine groups is 1. The number of aliphatic imine (C=N–C) groups is 1. The van der Waals surface area contributed by atoms with Gasteiger partial charge in [0.15, 0.2) is 5.96 Å². The lowest BCUT2D eigenvalue weighted by molar-refractivity contribution is 0.128. The third kappa shape index (κ3) is 5.40. The van der Waals surface area contributed by atoms with Crippen LogP contribution in [0.4, 0.5) is 0 Å². The first kappa shape index (κ1) is 20.9. The van der Waals surface area contributed by atoms with Crippen LogP contribution in [-0.4, -0.2) is 89.8 Å². The molecule has 1 unspecified atom stereocenters. The Labute approximate surface area is 180 Å². The van der Waals surface area contributed by atoms with Gasteiger partial charge >= 0.3 is 0 Å². The van der Waals surface area contributed by atoms with Gasteiger partial charge in [-0.25, -0.2) is 0 Å². The van der Waals surface area contributed by atoms with Gasteiger partial charge in [-0.3, -0.25) is 19.5 Å². The fraction of sp³-hybridized carbons (Fsp3) is 0.565. The zero-order valence-corrected chi connectivity index (χ0v) is 18.4. The van der Waals surface area contributed by atoms with E-state index in [0.717, 1.165) is 71.3 Å². The number of nitrogens with one attached hydrogen (secondary N) is 1. The Bertz CT molecular complexity index is 808. The van der Waals surface area contributed by atoms with Crippen molar-refractivity contribution >= 4 is 5.96 Å². The van der Waals surface area contributed by atoms with Gasteiger partial charge in [-0.05, 0) is 17.5 Å². The first-order valence-corrected chi connectivity index (χ1v) is 11.1.